The number of benzene rings is 8. The van der Waals surface area contributed by atoms with Crippen LogP contribution in [-0.2, 0) is 38.5 Å². The van der Waals surface area contributed by atoms with Crippen molar-refractivity contribution in [1.82, 2.24) is 0 Å². The van der Waals surface area contributed by atoms with Crippen LogP contribution in [0, 0.1) is 27.7 Å². The topological polar surface area (TPSA) is 111 Å². The van der Waals surface area contributed by atoms with Gasteiger partial charge in [0, 0.05) is 105 Å². The maximum Gasteiger partial charge on any atom is 0.123 e. The van der Waals surface area contributed by atoms with Gasteiger partial charge in [-0.2, -0.15) is 0 Å². The zero-order valence-corrected chi connectivity index (χ0v) is 59.2. The van der Waals surface area contributed by atoms with Crippen molar-refractivity contribution in [3.8, 4) is 69.0 Å². The van der Waals surface area contributed by atoms with E-state index in [0.717, 1.165) is 136 Å². The molecule has 16 aliphatic rings. The van der Waals surface area contributed by atoms with Crippen LogP contribution in [0.4, 0.5) is 0 Å². The molecular formula is C82H104O12. The largest absolute Gasteiger partial charge is 0.494 e. The predicted octanol–water partition coefficient (Wildman–Crippen LogP) is 18.9. The van der Waals surface area contributed by atoms with Crippen molar-refractivity contribution in [2.45, 2.75) is 149 Å². The fraction of sp³-hybridized carbons (Fsp3) is 0.415. The summed E-state index contributed by atoms with van der Waals surface area (Å²) in [6.07, 6.45) is 2.99. The Balaban J connectivity index is 0.000000680. The van der Waals surface area contributed by atoms with Gasteiger partial charge in [-0.25, -0.2) is 0 Å². The van der Waals surface area contributed by atoms with E-state index >= 15 is 0 Å². The van der Waals surface area contributed by atoms with Crippen molar-refractivity contribution >= 4 is 0 Å². The highest BCUT2D eigenvalue weighted by atomic mass is 16.5. The summed E-state index contributed by atoms with van der Waals surface area (Å²) in [5, 5.41) is 0. The van der Waals surface area contributed by atoms with Crippen LogP contribution in [0.3, 0.4) is 0 Å². The van der Waals surface area contributed by atoms with Gasteiger partial charge in [-0.3, -0.25) is 0 Å². The van der Waals surface area contributed by atoms with E-state index < -0.39 is 0 Å². The summed E-state index contributed by atoms with van der Waals surface area (Å²) in [4.78, 5) is 0. The molecule has 0 N–H and O–H groups in total. The second kappa shape index (κ2) is 37.3. The first-order valence-electron chi connectivity index (χ1n) is 34.2. The molecule has 0 atom stereocenters. The number of hydrogen-bond acceptors (Lipinski definition) is 12. The molecule has 0 heterocycles. The molecule has 12 heteroatoms. The Kier molecular flexibility index (Phi) is 28.9. The summed E-state index contributed by atoms with van der Waals surface area (Å²) in [6, 6.07) is 42.3. The van der Waals surface area contributed by atoms with Gasteiger partial charge >= 0.3 is 0 Å². The van der Waals surface area contributed by atoms with Gasteiger partial charge in [0.2, 0.25) is 0 Å². The third-order valence-electron chi connectivity index (χ3n) is 15.7. The highest BCUT2D eigenvalue weighted by Crippen LogP contribution is 2.44. The molecule has 24 rings (SSSR count). The van der Waals surface area contributed by atoms with E-state index in [1.807, 2.05) is 83.1 Å². The Labute approximate surface area is 562 Å². The monoisotopic (exact) mass is 1280 g/mol. The van der Waals surface area contributed by atoms with Crippen LogP contribution in [0.2, 0.25) is 0 Å². The Morgan fingerprint density at radius 1 is 0.181 bits per heavy atom. The van der Waals surface area contributed by atoms with E-state index in [2.05, 4.69) is 149 Å². The lowest BCUT2D eigenvalue weighted by Gasteiger charge is -2.23. The maximum atomic E-state index is 6.50. The number of hydrogen-bond donors (Lipinski definition) is 0. The summed E-state index contributed by atoms with van der Waals surface area (Å²) in [7, 11) is 0. The molecule has 0 aliphatic heterocycles. The molecule has 12 nitrogen and oxygen atoms in total. The summed E-state index contributed by atoms with van der Waals surface area (Å²) < 4.78 is 78.0. The molecule has 94 heavy (non-hydrogen) atoms. The van der Waals surface area contributed by atoms with Crippen LogP contribution >= 0.6 is 0 Å². The van der Waals surface area contributed by atoms with Gasteiger partial charge in [0.15, 0.2) is 0 Å². The zero-order chi connectivity index (χ0) is 67.5. The highest BCUT2D eigenvalue weighted by Gasteiger charge is 2.25. The summed E-state index contributed by atoms with van der Waals surface area (Å²) in [5.41, 5.74) is 16.9. The molecule has 0 amide bonds. The van der Waals surface area contributed by atoms with E-state index in [0.29, 0.717) is 118 Å². The molecule has 16 aliphatic carbocycles. The summed E-state index contributed by atoms with van der Waals surface area (Å²) in [5.74, 6) is 9.17. The average molecular weight is 1280 g/mol. The molecule has 0 fully saturated rings. The van der Waals surface area contributed by atoms with Crippen LogP contribution in [0.5, 0.6) is 69.0 Å². The quantitative estimate of drug-likeness (QED) is 0.0574. The van der Waals surface area contributed by atoms with Crippen LogP contribution in [-0.4, -0.2) is 79.3 Å². The Bertz CT molecular complexity index is 2920. The lowest BCUT2D eigenvalue weighted by molar-refractivity contribution is 0.319. The first-order valence-corrected chi connectivity index (χ1v) is 34.2. The zero-order valence-electron chi connectivity index (χ0n) is 59.2. The van der Waals surface area contributed by atoms with E-state index in [1.165, 1.54) is 22.3 Å². The lowest BCUT2D eigenvalue weighted by Crippen LogP contribution is -2.09. The van der Waals surface area contributed by atoms with Gasteiger partial charge in [0.25, 0.3) is 0 Å². The SMILES string of the molecule is CCOc1cc2c(OCC)cc1Cc1cc(OCC)c(cc1OCC)Cc1cc(OCC)c(cc1OCC)Cc1cc(OCC)c(cc1OCC)Cc1cc(OCC)c(cc1OCC)Cc1cc(OCC)c(cc1OCC)C2.Cc1cccc(C)c1.Cc1cccc(C)c1. The molecule has 0 spiro atoms. The van der Waals surface area contributed by atoms with Crippen molar-refractivity contribution < 1.29 is 56.8 Å². The molecular weight excluding hydrogens is 1180 g/mol. The van der Waals surface area contributed by atoms with Gasteiger partial charge in [-0.05, 0) is 184 Å². The number of ether oxygens (including phenoxy) is 12. The molecule has 0 saturated heterocycles. The van der Waals surface area contributed by atoms with E-state index in [4.69, 9.17) is 56.8 Å². The molecule has 0 radical (unpaired) electrons. The second-order valence-corrected chi connectivity index (χ2v) is 23.0. The molecule has 0 saturated carbocycles. The van der Waals surface area contributed by atoms with Crippen LogP contribution in [0.1, 0.15) is 172 Å². The van der Waals surface area contributed by atoms with Gasteiger partial charge in [0.1, 0.15) is 69.0 Å². The van der Waals surface area contributed by atoms with Crippen LogP contribution in [0.15, 0.2) is 121 Å². The highest BCUT2D eigenvalue weighted by molar-refractivity contribution is 5.60. The van der Waals surface area contributed by atoms with E-state index in [-0.39, 0.29) is 0 Å². The fourth-order valence-corrected chi connectivity index (χ4v) is 11.8. The summed E-state index contributed by atoms with van der Waals surface area (Å²) >= 11 is 0. The average Bonchev–Trinajstić information content (AvgIpc) is 0.799. The maximum absolute atomic E-state index is 6.50. The lowest BCUT2D eigenvalue weighted by atomic mass is 9.92. The van der Waals surface area contributed by atoms with Gasteiger partial charge in [-0.1, -0.05) is 70.8 Å². The number of aryl methyl sites for hydroxylation is 4. The fourth-order valence-electron chi connectivity index (χ4n) is 11.8. The van der Waals surface area contributed by atoms with E-state index in [9.17, 15) is 0 Å². The first-order chi connectivity index (χ1) is 45.7. The molecule has 0 aromatic heterocycles. The Morgan fingerprint density at radius 2 is 0.287 bits per heavy atom. The second-order valence-electron chi connectivity index (χ2n) is 23.0. The minimum absolute atomic E-state index is 0.476. The van der Waals surface area contributed by atoms with Crippen molar-refractivity contribution in [2.75, 3.05) is 79.3 Å². The Morgan fingerprint density at radius 3 is 0.362 bits per heavy atom. The molecule has 12 bridgehead atoms. The van der Waals surface area contributed by atoms with Crippen LogP contribution in [0.25, 0.3) is 0 Å². The standard InChI is InChI=1S/C66H84O12.2C8H10/c1-13-67-55-31-44-26-46-34-60(72-18-6)48(36-59(46)71-17-5)28-50-38-64(76-22-10)52(40-63(50)75-21-9)30-54-42-65(77-23-11)53(41-66(54)78-24-12)29-51-39-61(73-19-7)49(37-62(51)74-20-8)27-47-35-57(69-15-3)45(33-58(47)70-16-4)25-43(55)32-56(44)68-14-2;2*1-7-4-3-5-8(2)6-7/h31-42H,13-30H2,1-12H3;2*3-6H,1-2H3. The van der Waals surface area contributed by atoms with Crippen molar-refractivity contribution in [3.05, 3.63) is 210 Å². The van der Waals surface area contributed by atoms with Crippen molar-refractivity contribution in [2.24, 2.45) is 0 Å². The van der Waals surface area contributed by atoms with Gasteiger partial charge in [0.05, 0.1) is 79.3 Å². The third-order valence-corrected chi connectivity index (χ3v) is 15.7. The predicted molar refractivity (Wildman–Crippen MR) is 381 cm³/mol. The number of rotatable bonds is 24. The van der Waals surface area contributed by atoms with Crippen LogP contribution < -0.4 is 56.8 Å². The van der Waals surface area contributed by atoms with Gasteiger partial charge in [-0.15, -0.1) is 0 Å². The van der Waals surface area contributed by atoms with Crippen molar-refractivity contribution in [3.63, 3.8) is 0 Å². The minimum Gasteiger partial charge on any atom is -0.494 e. The molecule has 504 valence electrons. The van der Waals surface area contributed by atoms with Gasteiger partial charge < -0.3 is 56.8 Å². The minimum atomic E-state index is 0.476. The van der Waals surface area contributed by atoms with E-state index in [1.54, 1.807) is 0 Å². The first kappa shape index (κ1) is 72.8. The molecule has 0 unspecified atom stereocenters. The van der Waals surface area contributed by atoms with Crippen molar-refractivity contribution in [1.29, 1.82) is 0 Å². The third kappa shape index (κ3) is 20.2. The Hall–Kier alpha value is -8.64. The smallest absolute Gasteiger partial charge is 0.123 e. The molecule has 8 aromatic carbocycles. The summed E-state index contributed by atoms with van der Waals surface area (Å²) in [6.45, 7) is 38.3. The molecule has 8 aromatic rings. The normalized spacial score (nSPS) is 11.7.